The van der Waals surface area contributed by atoms with Crippen molar-refractivity contribution in [1.82, 2.24) is 9.55 Å². The summed E-state index contributed by atoms with van der Waals surface area (Å²) in [5, 5.41) is 0.517. The number of nitrogens with zero attached hydrogens (tertiary/aromatic N) is 2. The van der Waals surface area contributed by atoms with Gasteiger partial charge in [0.15, 0.2) is 0 Å². The van der Waals surface area contributed by atoms with Gasteiger partial charge in [-0.25, -0.2) is 4.98 Å². The molecule has 2 aromatic carbocycles. The van der Waals surface area contributed by atoms with E-state index in [2.05, 4.69) is 4.98 Å². The maximum Gasteiger partial charge on any atom is 0.416 e. The van der Waals surface area contributed by atoms with Crippen molar-refractivity contribution in [3.05, 3.63) is 63.9 Å². The highest BCUT2D eigenvalue weighted by atomic mass is 19.4. The van der Waals surface area contributed by atoms with Crippen molar-refractivity contribution < 1.29 is 13.2 Å². The minimum Gasteiger partial charge on any atom is -0.289 e. The third-order valence-electron chi connectivity index (χ3n) is 4.44. The quantitative estimate of drug-likeness (QED) is 0.619. The molecule has 0 bridgehead atoms. The van der Waals surface area contributed by atoms with Gasteiger partial charge in [-0.2, -0.15) is 13.2 Å². The molecular weight excluding hydrogens is 317 g/mol. The minimum absolute atomic E-state index is 0.159. The van der Waals surface area contributed by atoms with E-state index in [1.165, 1.54) is 6.07 Å². The zero-order chi connectivity index (χ0) is 17.1. The predicted octanol–water partition coefficient (Wildman–Crippen LogP) is 4.20. The van der Waals surface area contributed by atoms with Crippen LogP contribution in [0.25, 0.3) is 22.3 Å². The molecule has 1 aromatic heterocycles. The Morgan fingerprint density at radius 3 is 2.67 bits per heavy atom. The number of fused-ring (bicyclic) bond motifs is 4. The lowest BCUT2D eigenvalue weighted by Crippen LogP contribution is -2.30. The Morgan fingerprint density at radius 2 is 1.92 bits per heavy atom. The van der Waals surface area contributed by atoms with E-state index in [1.54, 1.807) is 28.8 Å². The van der Waals surface area contributed by atoms with Gasteiger partial charge in [0.05, 0.1) is 16.5 Å². The highest BCUT2D eigenvalue weighted by molar-refractivity contribution is 5.80. The number of benzene rings is 2. The molecule has 0 N–H and O–H groups in total. The van der Waals surface area contributed by atoms with Gasteiger partial charge < -0.3 is 0 Å². The standard InChI is InChI=1S/C18H13F3N2O/c1-10-8-11-9-12(18(19,20)21)6-7-13(11)16-22-15-5-3-2-4-14(15)17(24)23(10)16/h2-7,9-10H,8H2,1H3. The minimum atomic E-state index is -4.38. The summed E-state index contributed by atoms with van der Waals surface area (Å²) in [6.07, 6.45) is -4.02. The number of rotatable bonds is 0. The first-order chi connectivity index (χ1) is 11.4. The van der Waals surface area contributed by atoms with Crippen LogP contribution in [0.15, 0.2) is 47.3 Å². The summed E-state index contributed by atoms with van der Waals surface area (Å²) >= 11 is 0. The van der Waals surface area contributed by atoms with Crippen LogP contribution >= 0.6 is 0 Å². The number of alkyl halides is 3. The predicted molar refractivity (Wildman–Crippen MR) is 84.9 cm³/mol. The van der Waals surface area contributed by atoms with Crippen LogP contribution in [0.4, 0.5) is 13.2 Å². The molecule has 1 aliphatic heterocycles. The fourth-order valence-electron chi connectivity index (χ4n) is 3.31. The van der Waals surface area contributed by atoms with E-state index in [0.29, 0.717) is 34.3 Å². The van der Waals surface area contributed by atoms with Crippen LogP contribution in [0, 0.1) is 0 Å². The Bertz CT molecular complexity index is 1020. The third-order valence-corrected chi connectivity index (χ3v) is 4.44. The van der Waals surface area contributed by atoms with Crippen molar-refractivity contribution in [3.8, 4) is 11.4 Å². The molecule has 6 heteroatoms. The molecule has 3 aromatic rings. The van der Waals surface area contributed by atoms with Gasteiger partial charge in [0.2, 0.25) is 0 Å². The molecule has 0 fully saturated rings. The number of hydrogen-bond donors (Lipinski definition) is 0. The van der Waals surface area contributed by atoms with Gasteiger partial charge in [-0.05, 0) is 43.2 Å². The summed E-state index contributed by atoms with van der Waals surface area (Å²) in [5.41, 5.74) is 0.871. The van der Waals surface area contributed by atoms with E-state index in [1.807, 2.05) is 6.92 Å². The van der Waals surface area contributed by atoms with Crippen molar-refractivity contribution in [3.63, 3.8) is 0 Å². The molecule has 1 aliphatic rings. The SMILES string of the molecule is CC1Cc2cc(C(F)(F)F)ccc2-c2nc3ccccc3c(=O)n21. The van der Waals surface area contributed by atoms with Gasteiger partial charge in [-0.1, -0.05) is 18.2 Å². The summed E-state index contributed by atoms with van der Waals surface area (Å²) in [5.74, 6) is 0.432. The van der Waals surface area contributed by atoms with Crippen molar-refractivity contribution in [2.24, 2.45) is 0 Å². The smallest absolute Gasteiger partial charge is 0.289 e. The topological polar surface area (TPSA) is 34.9 Å². The van der Waals surface area contributed by atoms with Crippen LogP contribution in [0.3, 0.4) is 0 Å². The van der Waals surface area contributed by atoms with Crippen molar-refractivity contribution in [1.29, 1.82) is 0 Å². The number of para-hydroxylation sites is 1. The van der Waals surface area contributed by atoms with Crippen molar-refractivity contribution in [2.45, 2.75) is 25.6 Å². The Kier molecular flexibility index (Phi) is 3.07. The van der Waals surface area contributed by atoms with Crippen molar-refractivity contribution >= 4 is 10.9 Å². The van der Waals surface area contributed by atoms with Gasteiger partial charge >= 0.3 is 6.18 Å². The van der Waals surface area contributed by atoms with E-state index in [4.69, 9.17) is 0 Å². The highest BCUT2D eigenvalue weighted by Crippen LogP contribution is 2.37. The van der Waals surface area contributed by atoms with E-state index < -0.39 is 11.7 Å². The molecule has 122 valence electrons. The first-order valence-corrected chi connectivity index (χ1v) is 7.58. The van der Waals surface area contributed by atoms with Crippen LogP contribution in [-0.2, 0) is 12.6 Å². The Balaban J connectivity index is 2.02. The van der Waals surface area contributed by atoms with Crippen LogP contribution < -0.4 is 5.56 Å². The summed E-state index contributed by atoms with van der Waals surface area (Å²) in [7, 11) is 0. The Labute approximate surface area is 135 Å². The van der Waals surface area contributed by atoms with Gasteiger partial charge in [0.1, 0.15) is 5.82 Å². The third kappa shape index (κ3) is 2.13. The Morgan fingerprint density at radius 1 is 1.17 bits per heavy atom. The van der Waals surface area contributed by atoms with Crippen LogP contribution in [-0.4, -0.2) is 9.55 Å². The molecule has 0 radical (unpaired) electrons. The number of halogens is 3. The first-order valence-electron chi connectivity index (χ1n) is 7.58. The molecule has 2 heterocycles. The fourth-order valence-corrected chi connectivity index (χ4v) is 3.31. The number of hydrogen-bond acceptors (Lipinski definition) is 2. The van der Waals surface area contributed by atoms with E-state index in [0.717, 1.165) is 12.1 Å². The first kappa shape index (κ1) is 14.9. The molecule has 1 atom stereocenters. The molecular formula is C18H13F3N2O. The lowest BCUT2D eigenvalue weighted by molar-refractivity contribution is -0.137. The highest BCUT2D eigenvalue weighted by Gasteiger charge is 2.33. The van der Waals surface area contributed by atoms with Gasteiger partial charge in [0.25, 0.3) is 5.56 Å². The van der Waals surface area contributed by atoms with Crippen LogP contribution in [0.2, 0.25) is 0 Å². The summed E-state index contributed by atoms with van der Waals surface area (Å²) in [6.45, 7) is 1.82. The molecule has 0 amide bonds. The Hall–Kier alpha value is -2.63. The fraction of sp³-hybridized carbons (Fsp3) is 0.222. The molecule has 1 unspecified atom stereocenters. The monoisotopic (exact) mass is 330 g/mol. The zero-order valence-corrected chi connectivity index (χ0v) is 12.8. The van der Waals surface area contributed by atoms with Gasteiger partial charge in [-0.15, -0.1) is 0 Å². The maximum absolute atomic E-state index is 13.0. The molecule has 0 saturated carbocycles. The van der Waals surface area contributed by atoms with Crippen LogP contribution in [0.1, 0.15) is 24.1 Å². The molecule has 0 aliphatic carbocycles. The second kappa shape index (κ2) is 4.93. The summed E-state index contributed by atoms with van der Waals surface area (Å²) in [4.78, 5) is 17.3. The molecule has 24 heavy (non-hydrogen) atoms. The molecule has 0 spiro atoms. The second-order valence-electron chi connectivity index (χ2n) is 6.05. The lowest BCUT2D eigenvalue weighted by atomic mass is 9.93. The average molecular weight is 330 g/mol. The van der Waals surface area contributed by atoms with Crippen molar-refractivity contribution in [2.75, 3.05) is 0 Å². The van der Waals surface area contributed by atoms with E-state index >= 15 is 0 Å². The normalized spacial score (nSPS) is 16.8. The maximum atomic E-state index is 13.0. The summed E-state index contributed by atoms with van der Waals surface area (Å²) < 4.78 is 40.4. The molecule has 3 nitrogen and oxygen atoms in total. The summed E-state index contributed by atoms with van der Waals surface area (Å²) in [6, 6.07) is 10.4. The average Bonchev–Trinajstić information content (AvgIpc) is 2.53. The second-order valence-corrected chi connectivity index (χ2v) is 6.05. The zero-order valence-electron chi connectivity index (χ0n) is 12.8. The van der Waals surface area contributed by atoms with Gasteiger partial charge in [-0.3, -0.25) is 9.36 Å². The lowest BCUT2D eigenvalue weighted by Gasteiger charge is -2.27. The number of aromatic nitrogens is 2. The van der Waals surface area contributed by atoms with E-state index in [-0.39, 0.29) is 11.6 Å². The molecule has 4 rings (SSSR count). The van der Waals surface area contributed by atoms with Gasteiger partial charge in [0, 0.05) is 11.6 Å². The largest absolute Gasteiger partial charge is 0.416 e. The van der Waals surface area contributed by atoms with Crippen LogP contribution in [0.5, 0.6) is 0 Å². The molecule has 0 saturated heterocycles. The van der Waals surface area contributed by atoms with E-state index in [9.17, 15) is 18.0 Å².